The summed E-state index contributed by atoms with van der Waals surface area (Å²) in [5, 5.41) is 14.7. The Kier molecular flexibility index (Phi) is 6.92. The van der Waals surface area contributed by atoms with Crippen LogP contribution in [-0.2, 0) is 14.9 Å². The Morgan fingerprint density at radius 2 is 1.84 bits per heavy atom. The first kappa shape index (κ1) is 28.5. The fourth-order valence-corrected chi connectivity index (χ4v) is 6.56. The Hall–Kier alpha value is -4.30. The van der Waals surface area contributed by atoms with Crippen molar-refractivity contribution in [1.29, 1.82) is 0 Å². The Morgan fingerprint density at radius 1 is 1.07 bits per heavy atom. The van der Waals surface area contributed by atoms with E-state index in [1.807, 2.05) is 59.5 Å². The van der Waals surface area contributed by atoms with Crippen LogP contribution in [-0.4, -0.2) is 64.4 Å². The molecule has 3 aliphatic rings. The molecular formula is C30H28F3N7O3S. The molecular weight excluding hydrogens is 595 g/mol. The molecule has 2 aromatic carbocycles. The summed E-state index contributed by atoms with van der Waals surface area (Å²) in [7, 11) is 0. The molecule has 2 fully saturated rings. The van der Waals surface area contributed by atoms with E-state index < -0.39 is 17.8 Å². The van der Waals surface area contributed by atoms with Crippen molar-refractivity contribution in [3.05, 3.63) is 70.7 Å². The quantitative estimate of drug-likeness (QED) is 0.284. The van der Waals surface area contributed by atoms with Gasteiger partial charge in [0, 0.05) is 17.7 Å². The van der Waals surface area contributed by atoms with E-state index in [2.05, 4.69) is 25.8 Å². The van der Waals surface area contributed by atoms with Gasteiger partial charge in [-0.15, -0.1) is 5.10 Å². The van der Waals surface area contributed by atoms with Crippen LogP contribution in [0, 0.1) is 0 Å². The lowest BCUT2D eigenvalue weighted by atomic mass is 9.94. The summed E-state index contributed by atoms with van der Waals surface area (Å²) < 4.78 is 53.7. The van der Waals surface area contributed by atoms with Crippen LogP contribution in [0.4, 0.5) is 29.9 Å². The SMILES string of the molecule is CC(C)(c1nc(-c2nnc(N[C@@H]3CC(=O)Nc4ccccc4/C(c4ccccc4)=N\3)o2)c(N2CCOC3C[C@H]32)s1)C(F)(F)F. The van der Waals surface area contributed by atoms with Crippen LogP contribution < -0.4 is 15.5 Å². The molecule has 228 valence electrons. The molecule has 2 N–H and O–H groups in total. The number of alkyl halides is 3. The number of hydrogen-bond donors (Lipinski definition) is 2. The van der Waals surface area contributed by atoms with Crippen LogP contribution in [0.5, 0.6) is 0 Å². The highest BCUT2D eigenvalue weighted by Gasteiger charge is 2.53. The van der Waals surface area contributed by atoms with Crippen molar-refractivity contribution >= 4 is 39.7 Å². The molecule has 0 spiro atoms. The van der Waals surface area contributed by atoms with Gasteiger partial charge in [0.05, 0.1) is 36.6 Å². The summed E-state index contributed by atoms with van der Waals surface area (Å²) >= 11 is 0.983. The zero-order valence-corrected chi connectivity index (χ0v) is 24.6. The summed E-state index contributed by atoms with van der Waals surface area (Å²) in [5.41, 5.74) is 0.907. The Morgan fingerprint density at radius 3 is 2.64 bits per heavy atom. The second-order valence-electron chi connectivity index (χ2n) is 11.4. The van der Waals surface area contributed by atoms with Gasteiger partial charge in [-0.1, -0.05) is 65.0 Å². The van der Waals surface area contributed by atoms with Crippen molar-refractivity contribution in [2.45, 2.75) is 56.6 Å². The average Bonchev–Trinajstić information content (AvgIpc) is 3.42. The maximum atomic E-state index is 14.0. The normalized spacial score (nSPS) is 23.0. The number of rotatable bonds is 6. The first-order valence-corrected chi connectivity index (χ1v) is 15.0. The second kappa shape index (κ2) is 10.7. The van der Waals surface area contributed by atoms with Gasteiger partial charge in [-0.05, 0) is 26.3 Å². The van der Waals surface area contributed by atoms with Gasteiger partial charge in [0.25, 0.3) is 5.89 Å². The molecule has 0 radical (unpaired) electrons. The number of hydrogen-bond acceptors (Lipinski definition) is 10. The highest BCUT2D eigenvalue weighted by molar-refractivity contribution is 7.16. The summed E-state index contributed by atoms with van der Waals surface area (Å²) in [5.74, 6) is -0.294. The fraction of sp³-hybridized carbons (Fsp3) is 0.367. The highest BCUT2D eigenvalue weighted by atomic mass is 32.1. The zero-order valence-electron chi connectivity index (χ0n) is 23.8. The molecule has 2 aromatic heterocycles. The number of aliphatic imine (C=N–C) groups is 1. The van der Waals surface area contributed by atoms with E-state index in [0.29, 0.717) is 29.6 Å². The number of carbonyl (C=O) groups excluding carboxylic acids is 1. The van der Waals surface area contributed by atoms with Gasteiger partial charge in [0.2, 0.25) is 5.91 Å². The molecule has 1 aliphatic carbocycles. The Labute approximate surface area is 254 Å². The number of halogens is 3. The predicted octanol–water partition coefficient (Wildman–Crippen LogP) is 5.63. The lowest BCUT2D eigenvalue weighted by molar-refractivity contribution is -0.180. The van der Waals surface area contributed by atoms with E-state index in [1.54, 1.807) is 0 Å². The van der Waals surface area contributed by atoms with E-state index >= 15 is 0 Å². The third kappa shape index (κ3) is 5.21. The topological polar surface area (TPSA) is 118 Å². The molecule has 14 heteroatoms. The van der Waals surface area contributed by atoms with Crippen LogP contribution in [0.2, 0.25) is 0 Å². The molecule has 10 nitrogen and oxygen atoms in total. The number of fused-ring (bicyclic) bond motifs is 2. The molecule has 1 saturated carbocycles. The first-order chi connectivity index (χ1) is 21.1. The molecule has 3 atom stereocenters. The van der Waals surface area contributed by atoms with Crippen molar-refractivity contribution in [3.8, 4) is 11.6 Å². The fourth-order valence-electron chi connectivity index (χ4n) is 5.30. The van der Waals surface area contributed by atoms with Crippen molar-refractivity contribution in [3.63, 3.8) is 0 Å². The second-order valence-corrected chi connectivity index (χ2v) is 12.4. The number of nitrogens with zero attached hydrogens (tertiary/aromatic N) is 5. The van der Waals surface area contributed by atoms with Gasteiger partial charge in [0.15, 0.2) is 5.69 Å². The maximum Gasteiger partial charge on any atom is 0.400 e. The van der Waals surface area contributed by atoms with E-state index in [0.717, 1.165) is 42.7 Å². The number of carbonyl (C=O) groups is 1. The van der Waals surface area contributed by atoms with Gasteiger partial charge >= 0.3 is 12.2 Å². The van der Waals surface area contributed by atoms with Gasteiger partial charge in [-0.3, -0.25) is 9.79 Å². The molecule has 44 heavy (non-hydrogen) atoms. The summed E-state index contributed by atoms with van der Waals surface area (Å²) in [6, 6.07) is 17.0. The van der Waals surface area contributed by atoms with Crippen LogP contribution in [0.15, 0.2) is 64.0 Å². The first-order valence-electron chi connectivity index (χ1n) is 14.2. The lowest BCUT2D eigenvalue weighted by Gasteiger charge is -2.28. The summed E-state index contributed by atoms with van der Waals surface area (Å²) in [4.78, 5) is 24.3. The number of aromatic nitrogens is 3. The largest absolute Gasteiger partial charge is 0.402 e. The number of nitrogens with one attached hydrogen (secondary N) is 2. The van der Waals surface area contributed by atoms with Gasteiger partial charge < -0.3 is 24.7 Å². The molecule has 7 rings (SSSR count). The molecule has 1 unspecified atom stereocenters. The number of anilines is 3. The molecule has 1 saturated heterocycles. The third-order valence-corrected chi connectivity index (χ3v) is 9.38. The van der Waals surface area contributed by atoms with Gasteiger partial charge in [-0.2, -0.15) is 13.2 Å². The average molecular weight is 624 g/mol. The van der Waals surface area contributed by atoms with Crippen molar-refractivity contribution in [2.24, 2.45) is 4.99 Å². The van der Waals surface area contributed by atoms with Gasteiger partial charge in [-0.25, -0.2) is 4.98 Å². The molecule has 2 aliphatic heterocycles. The minimum Gasteiger partial charge on any atom is -0.402 e. The van der Waals surface area contributed by atoms with Crippen LogP contribution in [0.25, 0.3) is 11.6 Å². The van der Waals surface area contributed by atoms with E-state index in [4.69, 9.17) is 14.1 Å². The smallest absolute Gasteiger partial charge is 0.400 e. The minimum atomic E-state index is -4.51. The van der Waals surface area contributed by atoms with Crippen LogP contribution >= 0.6 is 11.3 Å². The number of thiazole rings is 1. The number of amides is 1. The van der Waals surface area contributed by atoms with E-state index in [1.165, 1.54) is 0 Å². The zero-order chi connectivity index (χ0) is 30.6. The number of ether oxygens (including phenoxy) is 1. The number of para-hydroxylation sites is 1. The summed E-state index contributed by atoms with van der Waals surface area (Å²) in [6.45, 7) is 3.19. The predicted molar refractivity (Wildman–Crippen MR) is 159 cm³/mol. The monoisotopic (exact) mass is 623 g/mol. The summed E-state index contributed by atoms with van der Waals surface area (Å²) in [6.07, 6.45) is -4.50. The molecule has 4 heterocycles. The van der Waals surface area contributed by atoms with E-state index in [9.17, 15) is 18.0 Å². The molecule has 4 aromatic rings. The van der Waals surface area contributed by atoms with Gasteiger partial charge in [0.1, 0.15) is 21.6 Å². The van der Waals surface area contributed by atoms with Crippen molar-refractivity contribution < 1.29 is 27.1 Å². The van der Waals surface area contributed by atoms with Crippen LogP contribution in [0.3, 0.4) is 0 Å². The highest BCUT2D eigenvalue weighted by Crippen LogP contribution is 2.49. The molecule has 1 amide bonds. The van der Waals surface area contributed by atoms with Crippen molar-refractivity contribution in [1.82, 2.24) is 15.2 Å². The Bertz CT molecular complexity index is 1740. The minimum absolute atomic E-state index is 0.0282. The Balaban J connectivity index is 1.24. The number of morpholine rings is 1. The third-order valence-electron chi connectivity index (χ3n) is 7.96. The van der Waals surface area contributed by atoms with Crippen LogP contribution in [0.1, 0.15) is 42.8 Å². The maximum absolute atomic E-state index is 14.0. The number of benzene rings is 2. The van der Waals surface area contributed by atoms with Crippen molar-refractivity contribution in [2.75, 3.05) is 28.7 Å². The lowest BCUT2D eigenvalue weighted by Crippen LogP contribution is -2.36. The van der Waals surface area contributed by atoms with E-state index in [-0.39, 0.29) is 47.1 Å². The molecule has 0 bridgehead atoms. The standard InChI is InChI=1S/C30H28F3N7O3S/c1-29(2,30(31,32)33)27-37-24(26(44-27)40-12-13-42-20-14-19(20)40)25-38-39-28(43-25)36-21-15-22(41)34-18-11-7-6-10-17(18)23(35-21)16-8-4-3-5-9-16/h3-11,19-21H,12-15H2,1-2H3,(H,34,41)(H,36,39)/b35-23-/t19-,20?,21-/m1/s1.